The third kappa shape index (κ3) is 3.24. The molecule has 2 N–H and O–H groups in total. The van der Waals surface area contributed by atoms with Gasteiger partial charge in [0.05, 0.1) is 12.0 Å². The van der Waals surface area contributed by atoms with Gasteiger partial charge >= 0.3 is 0 Å². The van der Waals surface area contributed by atoms with Crippen molar-refractivity contribution in [3.05, 3.63) is 23.8 Å². The molecule has 3 heteroatoms. The Hall–Kier alpha value is -0.670. The van der Waals surface area contributed by atoms with E-state index in [9.17, 15) is 0 Å². The van der Waals surface area contributed by atoms with Crippen molar-refractivity contribution in [3.8, 4) is 5.75 Å². The molecule has 0 heterocycles. The molecule has 0 saturated heterocycles. The number of hydrogen-bond acceptors (Lipinski definition) is 3. The molecule has 0 aromatic heterocycles. The van der Waals surface area contributed by atoms with Crippen LogP contribution in [-0.2, 0) is 0 Å². The van der Waals surface area contributed by atoms with Gasteiger partial charge in [-0.15, -0.1) is 11.8 Å². The van der Waals surface area contributed by atoms with E-state index in [2.05, 4.69) is 6.92 Å². The molecule has 78 valence electrons. The van der Waals surface area contributed by atoms with E-state index in [-0.39, 0.29) is 4.87 Å². The summed E-state index contributed by atoms with van der Waals surface area (Å²) in [4.78, 5) is 0.970. The van der Waals surface area contributed by atoms with Gasteiger partial charge in [0.15, 0.2) is 0 Å². The van der Waals surface area contributed by atoms with Crippen molar-refractivity contribution >= 4 is 11.8 Å². The normalized spacial score (nSPS) is 11.5. The van der Waals surface area contributed by atoms with E-state index < -0.39 is 0 Å². The van der Waals surface area contributed by atoms with Crippen molar-refractivity contribution in [1.29, 1.82) is 0 Å². The molecule has 0 fully saturated rings. The summed E-state index contributed by atoms with van der Waals surface area (Å²) >= 11 is 1.67. The molecular formula is C11H17NOS. The fraction of sp³-hybridized carbons (Fsp3) is 0.455. The quantitative estimate of drug-likeness (QED) is 0.617. The molecular weight excluding hydrogens is 194 g/mol. The third-order valence-corrected chi connectivity index (χ3v) is 2.96. The summed E-state index contributed by atoms with van der Waals surface area (Å²) < 4.78 is 5.14. The molecule has 0 radical (unpaired) electrons. The van der Waals surface area contributed by atoms with Crippen LogP contribution in [0.1, 0.15) is 19.4 Å². The van der Waals surface area contributed by atoms with Gasteiger partial charge in [-0.25, -0.2) is 0 Å². The zero-order valence-electron chi connectivity index (χ0n) is 9.13. The second-order valence-corrected chi connectivity index (χ2v) is 5.53. The standard InChI is InChI=1S/C11H17NOS/c1-8-7-9(13-4)5-6-10(8)14-11(2,3)12/h5-7H,12H2,1-4H3. The first-order valence-electron chi connectivity index (χ1n) is 4.55. The van der Waals surface area contributed by atoms with Gasteiger partial charge in [-0.2, -0.15) is 0 Å². The highest BCUT2D eigenvalue weighted by Gasteiger charge is 2.13. The fourth-order valence-corrected chi connectivity index (χ4v) is 2.07. The molecule has 2 nitrogen and oxygen atoms in total. The van der Waals surface area contributed by atoms with Crippen LogP contribution in [0.4, 0.5) is 0 Å². The van der Waals surface area contributed by atoms with Crippen LogP contribution in [0.15, 0.2) is 23.1 Å². The van der Waals surface area contributed by atoms with Crippen molar-refractivity contribution in [2.75, 3.05) is 7.11 Å². The molecule has 0 atom stereocenters. The smallest absolute Gasteiger partial charge is 0.119 e. The van der Waals surface area contributed by atoms with Crippen molar-refractivity contribution in [2.45, 2.75) is 30.5 Å². The summed E-state index contributed by atoms with van der Waals surface area (Å²) in [5.74, 6) is 0.890. The Morgan fingerprint density at radius 1 is 1.36 bits per heavy atom. The SMILES string of the molecule is COc1ccc(SC(C)(C)N)c(C)c1. The van der Waals surface area contributed by atoms with E-state index in [1.165, 1.54) is 10.5 Å². The highest BCUT2D eigenvalue weighted by atomic mass is 32.2. The first kappa shape index (κ1) is 11.4. The molecule has 0 aliphatic heterocycles. The molecule has 0 saturated carbocycles. The Kier molecular flexibility index (Phi) is 3.45. The molecule has 1 rings (SSSR count). The summed E-state index contributed by atoms with van der Waals surface area (Å²) in [6.45, 7) is 6.07. The molecule has 0 bridgehead atoms. The average Bonchev–Trinajstić information content (AvgIpc) is 2.06. The number of nitrogens with two attached hydrogens (primary N) is 1. The Morgan fingerprint density at radius 2 is 2.00 bits per heavy atom. The molecule has 1 aromatic rings. The summed E-state index contributed by atoms with van der Waals surface area (Å²) in [7, 11) is 1.68. The Bertz CT molecular complexity index is 318. The highest BCUT2D eigenvalue weighted by molar-refractivity contribution is 8.00. The van der Waals surface area contributed by atoms with Crippen LogP contribution in [0, 0.1) is 6.92 Å². The van der Waals surface area contributed by atoms with Gasteiger partial charge in [-0.05, 0) is 44.5 Å². The van der Waals surface area contributed by atoms with Crippen molar-refractivity contribution in [3.63, 3.8) is 0 Å². The zero-order valence-corrected chi connectivity index (χ0v) is 9.94. The second-order valence-electron chi connectivity index (χ2n) is 3.84. The predicted octanol–water partition coefficient (Wildman–Crippen LogP) is 2.79. The molecule has 14 heavy (non-hydrogen) atoms. The van der Waals surface area contributed by atoms with E-state index in [0.717, 1.165) is 5.75 Å². The van der Waals surface area contributed by atoms with Gasteiger partial charge in [0.2, 0.25) is 0 Å². The Morgan fingerprint density at radius 3 is 2.43 bits per heavy atom. The van der Waals surface area contributed by atoms with Gasteiger partial charge < -0.3 is 10.5 Å². The fourth-order valence-electron chi connectivity index (χ4n) is 1.15. The largest absolute Gasteiger partial charge is 0.497 e. The first-order chi connectivity index (χ1) is 6.42. The van der Waals surface area contributed by atoms with Crippen LogP contribution in [0.2, 0.25) is 0 Å². The summed E-state index contributed by atoms with van der Waals surface area (Å²) in [6.07, 6.45) is 0. The minimum Gasteiger partial charge on any atom is -0.497 e. The van der Waals surface area contributed by atoms with E-state index >= 15 is 0 Å². The lowest BCUT2D eigenvalue weighted by Gasteiger charge is -2.19. The number of rotatable bonds is 3. The number of thioether (sulfide) groups is 1. The lowest BCUT2D eigenvalue weighted by Crippen LogP contribution is -2.26. The van der Waals surface area contributed by atoms with Crippen molar-refractivity contribution in [1.82, 2.24) is 0 Å². The average molecular weight is 211 g/mol. The van der Waals surface area contributed by atoms with E-state index in [1.807, 2.05) is 32.0 Å². The third-order valence-electron chi connectivity index (χ3n) is 1.76. The van der Waals surface area contributed by atoms with Crippen LogP contribution in [0.25, 0.3) is 0 Å². The summed E-state index contributed by atoms with van der Waals surface area (Å²) in [6, 6.07) is 6.03. The minimum absolute atomic E-state index is 0.237. The monoisotopic (exact) mass is 211 g/mol. The zero-order chi connectivity index (χ0) is 10.8. The maximum absolute atomic E-state index is 5.94. The predicted molar refractivity (Wildman–Crippen MR) is 61.9 cm³/mol. The van der Waals surface area contributed by atoms with Gasteiger partial charge in [0, 0.05) is 4.90 Å². The molecule has 0 aliphatic carbocycles. The second kappa shape index (κ2) is 4.24. The Labute approximate surface area is 89.8 Å². The molecule has 0 unspecified atom stereocenters. The van der Waals surface area contributed by atoms with E-state index in [0.29, 0.717) is 0 Å². The summed E-state index contributed by atoms with van der Waals surface area (Å²) in [5.41, 5.74) is 7.14. The first-order valence-corrected chi connectivity index (χ1v) is 5.36. The number of methoxy groups -OCH3 is 1. The number of ether oxygens (including phenoxy) is 1. The van der Waals surface area contributed by atoms with Crippen LogP contribution in [0.5, 0.6) is 5.75 Å². The minimum atomic E-state index is -0.237. The highest BCUT2D eigenvalue weighted by Crippen LogP contribution is 2.32. The van der Waals surface area contributed by atoms with E-state index in [4.69, 9.17) is 10.5 Å². The topological polar surface area (TPSA) is 35.2 Å². The number of aryl methyl sites for hydroxylation is 1. The van der Waals surface area contributed by atoms with Gasteiger partial charge in [0.1, 0.15) is 5.75 Å². The summed E-state index contributed by atoms with van der Waals surface area (Å²) in [5, 5.41) is 0. The Balaban J connectivity index is 2.89. The molecule has 0 spiro atoms. The van der Waals surface area contributed by atoms with Gasteiger partial charge in [-0.3, -0.25) is 0 Å². The molecule has 0 aliphatic rings. The van der Waals surface area contributed by atoms with Crippen LogP contribution in [0.3, 0.4) is 0 Å². The van der Waals surface area contributed by atoms with Crippen LogP contribution >= 0.6 is 11.8 Å². The number of hydrogen-bond donors (Lipinski definition) is 1. The lowest BCUT2D eigenvalue weighted by molar-refractivity contribution is 0.414. The van der Waals surface area contributed by atoms with Crippen molar-refractivity contribution in [2.24, 2.45) is 5.73 Å². The molecule has 1 aromatic carbocycles. The maximum atomic E-state index is 5.94. The lowest BCUT2D eigenvalue weighted by atomic mass is 10.2. The van der Waals surface area contributed by atoms with Gasteiger partial charge in [-0.1, -0.05) is 0 Å². The number of benzene rings is 1. The van der Waals surface area contributed by atoms with Gasteiger partial charge in [0.25, 0.3) is 0 Å². The van der Waals surface area contributed by atoms with Crippen LogP contribution < -0.4 is 10.5 Å². The van der Waals surface area contributed by atoms with E-state index in [1.54, 1.807) is 18.9 Å². The van der Waals surface area contributed by atoms with Crippen LogP contribution in [-0.4, -0.2) is 12.0 Å². The van der Waals surface area contributed by atoms with Crippen molar-refractivity contribution < 1.29 is 4.74 Å². The molecule has 0 amide bonds. The maximum Gasteiger partial charge on any atom is 0.119 e.